The molecule has 4 fully saturated rings. The maximum atomic E-state index is 12.3. The van der Waals surface area contributed by atoms with E-state index in [1.54, 1.807) is 0 Å². The normalized spacial score (nSPS) is 38.1. The first-order chi connectivity index (χ1) is 17.6. The summed E-state index contributed by atoms with van der Waals surface area (Å²) < 4.78 is 36.8. The second-order valence-electron chi connectivity index (χ2n) is 12.4. The molecule has 36 heavy (non-hydrogen) atoms. The van der Waals surface area contributed by atoms with Crippen LogP contribution in [-0.2, 0) is 9.47 Å². The molecule has 1 heterocycles. The van der Waals surface area contributed by atoms with Gasteiger partial charge in [-0.1, -0.05) is 25.0 Å². The Kier molecular flexibility index (Phi) is 11.5. The SMILES string of the molecule is C=CCCC1CCC(/C=C/C2OCC(C3CCC(C4CCC(CCC=C(F)F)CC4)CC3)CO2)CC1. The molecule has 0 aromatic heterocycles. The van der Waals surface area contributed by atoms with Crippen molar-refractivity contribution in [2.24, 2.45) is 41.4 Å². The fourth-order valence-corrected chi connectivity index (χ4v) is 7.65. The maximum absolute atomic E-state index is 12.3. The molecule has 0 aromatic rings. The lowest BCUT2D eigenvalue weighted by atomic mass is 9.67. The van der Waals surface area contributed by atoms with Gasteiger partial charge in [-0.25, -0.2) is 0 Å². The van der Waals surface area contributed by atoms with Gasteiger partial charge in [0, 0.05) is 5.92 Å². The molecular formula is C32H50F2O2. The molecule has 4 aliphatic rings. The highest BCUT2D eigenvalue weighted by Crippen LogP contribution is 2.44. The molecule has 0 unspecified atom stereocenters. The molecule has 0 aromatic carbocycles. The molecule has 3 aliphatic carbocycles. The number of allylic oxidation sites excluding steroid dienone is 3. The van der Waals surface area contributed by atoms with Crippen molar-refractivity contribution >= 4 is 0 Å². The second kappa shape index (κ2) is 14.8. The van der Waals surface area contributed by atoms with Gasteiger partial charge in [0.2, 0.25) is 0 Å². The third kappa shape index (κ3) is 8.79. The lowest BCUT2D eigenvalue weighted by Crippen LogP contribution is -2.37. The molecule has 0 bridgehead atoms. The van der Waals surface area contributed by atoms with Crippen molar-refractivity contribution in [2.75, 3.05) is 13.2 Å². The summed E-state index contributed by atoms with van der Waals surface area (Å²) in [5.41, 5.74) is 0. The van der Waals surface area contributed by atoms with Gasteiger partial charge in [0.05, 0.1) is 13.2 Å². The Morgan fingerprint density at radius 2 is 1.14 bits per heavy atom. The second-order valence-corrected chi connectivity index (χ2v) is 12.4. The van der Waals surface area contributed by atoms with E-state index in [9.17, 15) is 8.78 Å². The Balaban J connectivity index is 1.08. The maximum Gasteiger partial charge on any atom is 0.266 e. The van der Waals surface area contributed by atoms with Gasteiger partial charge in [-0.2, -0.15) is 8.78 Å². The Bertz CT molecular complexity index is 683. The summed E-state index contributed by atoms with van der Waals surface area (Å²) >= 11 is 0. The van der Waals surface area contributed by atoms with Crippen LogP contribution in [0.2, 0.25) is 0 Å². The smallest absolute Gasteiger partial charge is 0.266 e. The zero-order chi connectivity index (χ0) is 25.2. The molecule has 0 amide bonds. The van der Waals surface area contributed by atoms with E-state index >= 15 is 0 Å². The number of ether oxygens (including phenoxy) is 2. The van der Waals surface area contributed by atoms with Crippen LogP contribution in [0.15, 0.2) is 37.0 Å². The molecule has 0 atom stereocenters. The Labute approximate surface area is 219 Å². The fourth-order valence-electron chi connectivity index (χ4n) is 7.65. The molecule has 1 saturated heterocycles. The van der Waals surface area contributed by atoms with E-state index in [-0.39, 0.29) is 6.29 Å². The van der Waals surface area contributed by atoms with Crippen molar-refractivity contribution in [3.63, 3.8) is 0 Å². The third-order valence-corrected chi connectivity index (χ3v) is 10.1. The zero-order valence-electron chi connectivity index (χ0n) is 22.4. The summed E-state index contributed by atoms with van der Waals surface area (Å²) in [6, 6.07) is 0. The average Bonchev–Trinajstić information content (AvgIpc) is 2.92. The standard InChI is InChI=1S/C32H50F2O2/c1-2-3-5-24-8-10-26(11-9-24)14-21-32-35-22-30(23-36-32)29-19-17-28(18-20-29)27-15-12-25(13-16-27)6-4-7-31(33)34/h2,7,14,21,24-30,32H,1,3-6,8-13,15-20,22-23H2/b21-14+. The van der Waals surface area contributed by atoms with Crippen LogP contribution in [0.3, 0.4) is 0 Å². The fraction of sp³-hybridized carbons (Fsp3) is 0.812. The average molecular weight is 505 g/mol. The third-order valence-electron chi connectivity index (χ3n) is 10.1. The van der Waals surface area contributed by atoms with Crippen LogP contribution in [0.5, 0.6) is 0 Å². The van der Waals surface area contributed by atoms with Gasteiger partial charge in [0.1, 0.15) is 0 Å². The minimum atomic E-state index is -1.52. The van der Waals surface area contributed by atoms with Crippen LogP contribution in [0.4, 0.5) is 8.78 Å². The van der Waals surface area contributed by atoms with Crippen molar-refractivity contribution < 1.29 is 18.3 Å². The largest absolute Gasteiger partial charge is 0.349 e. The van der Waals surface area contributed by atoms with Gasteiger partial charge < -0.3 is 9.47 Å². The summed E-state index contributed by atoms with van der Waals surface area (Å²) in [4.78, 5) is 0. The van der Waals surface area contributed by atoms with Crippen molar-refractivity contribution in [2.45, 2.75) is 109 Å². The topological polar surface area (TPSA) is 18.5 Å². The lowest BCUT2D eigenvalue weighted by molar-refractivity contribution is -0.186. The summed E-state index contributed by atoms with van der Waals surface area (Å²) in [5.74, 6) is 5.27. The minimum absolute atomic E-state index is 0.150. The zero-order valence-corrected chi connectivity index (χ0v) is 22.4. The number of halogens is 2. The van der Waals surface area contributed by atoms with E-state index in [1.165, 1.54) is 83.5 Å². The predicted molar refractivity (Wildman–Crippen MR) is 144 cm³/mol. The van der Waals surface area contributed by atoms with Gasteiger partial charge in [-0.15, -0.1) is 6.58 Å². The van der Waals surface area contributed by atoms with E-state index in [0.29, 0.717) is 24.2 Å². The van der Waals surface area contributed by atoms with Gasteiger partial charge >= 0.3 is 0 Å². The van der Waals surface area contributed by atoms with E-state index in [0.717, 1.165) is 55.8 Å². The molecule has 0 radical (unpaired) electrons. The van der Waals surface area contributed by atoms with E-state index in [1.807, 2.05) is 0 Å². The van der Waals surface area contributed by atoms with Crippen molar-refractivity contribution in [3.8, 4) is 0 Å². The van der Waals surface area contributed by atoms with E-state index in [2.05, 4.69) is 24.8 Å². The number of rotatable bonds is 10. The van der Waals surface area contributed by atoms with Crippen molar-refractivity contribution in [1.82, 2.24) is 0 Å². The predicted octanol–water partition coefficient (Wildman–Crippen LogP) is 9.48. The van der Waals surface area contributed by atoms with E-state index < -0.39 is 6.08 Å². The Hall–Kier alpha value is -1.00. The molecule has 1 aliphatic heterocycles. The molecule has 4 rings (SSSR count). The molecule has 4 heteroatoms. The van der Waals surface area contributed by atoms with Crippen molar-refractivity contribution in [1.29, 1.82) is 0 Å². The highest BCUT2D eigenvalue weighted by atomic mass is 19.3. The van der Waals surface area contributed by atoms with Gasteiger partial charge in [-0.05, 0) is 138 Å². The molecule has 3 saturated carbocycles. The summed E-state index contributed by atoms with van der Waals surface area (Å²) in [7, 11) is 0. The van der Waals surface area contributed by atoms with Crippen LogP contribution in [0.1, 0.15) is 103 Å². The highest BCUT2D eigenvalue weighted by Gasteiger charge is 2.35. The van der Waals surface area contributed by atoms with Crippen LogP contribution in [0.25, 0.3) is 0 Å². The first kappa shape index (κ1) is 28.0. The Morgan fingerprint density at radius 1 is 0.639 bits per heavy atom. The summed E-state index contributed by atoms with van der Waals surface area (Å²) in [6.07, 6.45) is 25.7. The van der Waals surface area contributed by atoms with Gasteiger partial charge in [-0.3, -0.25) is 0 Å². The van der Waals surface area contributed by atoms with E-state index in [4.69, 9.17) is 9.47 Å². The molecule has 0 N–H and O–H groups in total. The number of hydrogen-bond donors (Lipinski definition) is 0. The lowest BCUT2D eigenvalue weighted by Gasteiger charge is -2.41. The molecular weight excluding hydrogens is 454 g/mol. The molecule has 2 nitrogen and oxygen atoms in total. The number of hydrogen-bond acceptors (Lipinski definition) is 2. The first-order valence-electron chi connectivity index (χ1n) is 15.1. The van der Waals surface area contributed by atoms with Gasteiger partial charge in [0.15, 0.2) is 6.29 Å². The monoisotopic (exact) mass is 504 g/mol. The molecule has 204 valence electrons. The van der Waals surface area contributed by atoms with Crippen LogP contribution in [0, 0.1) is 41.4 Å². The first-order valence-corrected chi connectivity index (χ1v) is 15.1. The summed E-state index contributed by atoms with van der Waals surface area (Å²) in [6.45, 7) is 5.55. The van der Waals surface area contributed by atoms with Crippen LogP contribution < -0.4 is 0 Å². The minimum Gasteiger partial charge on any atom is -0.349 e. The highest BCUT2D eigenvalue weighted by molar-refractivity contribution is 4.95. The quantitative estimate of drug-likeness (QED) is 0.276. The summed E-state index contributed by atoms with van der Waals surface area (Å²) in [5, 5.41) is 0. The van der Waals surface area contributed by atoms with Gasteiger partial charge in [0.25, 0.3) is 6.08 Å². The van der Waals surface area contributed by atoms with Crippen molar-refractivity contribution in [3.05, 3.63) is 37.0 Å². The molecule has 0 spiro atoms. The Morgan fingerprint density at radius 3 is 1.69 bits per heavy atom. The van der Waals surface area contributed by atoms with Crippen LogP contribution >= 0.6 is 0 Å². The van der Waals surface area contributed by atoms with Crippen LogP contribution in [-0.4, -0.2) is 19.5 Å².